The molecule has 3 amide bonds. The van der Waals surface area contributed by atoms with E-state index >= 15 is 0 Å². The number of amides is 3. The molecule has 2 aromatic carbocycles. The first-order valence-corrected chi connectivity index (χ1v) is 8.90. The molecule has 0 aliphatic heterocycles. The number of hydrogen-bond acceptors (Lipinski definition) is 6. The van der Waals surface area contributed by atoms with Gasteiger partial charge in [-0.2, -0.15) is 0 Å². The Kier molecular flexibility index (Phi) is 7.15. The summed E-state index contributed by atoms with van der Waals surface area (Å²) in [6, 6.07) is 11.4. The van der Waals surface area contributed by atoms with E-state index < -0.39 is 23.8 Å². The highest BCUT2D eigenvalue weighted by atomic mass is 16.5. The van der Waals surface area contributed by atoms with Crippen LogP contribution in [0.5, 0.6) is 0 Å². The van der Waals surface area contributed by atoms with Crippen LogP contribution in [0, 0.1) is 0 Å². The van der Waals surface area contributed by atoms with Crippen LogP contribution < -0.4 is 21.4 Å². The fraction of sp³-hybridized carbons (Fsp3) is 0.250. The van der Waals surface area contributed by atoms with E-state index in [1.165, 1.54) is 19.6 Å². The molecule has 0 bridgehead atoms. The quantitative estimate of drug-likeness (QED) is 0.270. The molecule has 1 atom stereocenters. The van der Waals surface area contributed by atoms with E-state index in [1.807, 2.05) is 31.3 Å². The first kappa shape index (κ1) is 21.7. The lowest BCUT2D eigenvalue weighted by molar-refractivity contribution is -0.140. The van der Waals surface area contributed by atoms with Gasteiger partial charge in [0.25, 0.3) is 17.7 Å². The van der Waals surface area contributed by atoms with E-state index in [-0.39, 0.29) is 5.56 Å². The molecule has 0 aliphatic carbocycles. The van der Waals surface area contributed by atoms with Gasteiger partial charge in [-0.25, -0.2) is 5.48 Å². The number of carbonyl (C=O) groups is 3. The molecule has 0 spiro atoms. The van der Waals surface area contributed by atoms with Gasteiger partial charge in [0.2, 0.25) is 0 Å². The average molecular weight is 399 g/mol. The van der Waals surface area contributed by atoms with Crippen molar-refractivity contribution >= 4 is 29.1 Å². The molecule has 0 heterocycles. The van der Waals surface area contributed by atoms with Crippen LogP contribution in [0.4, 0.5) is 11.4 Å². The highest BCUT2D eigenvalue weighted by Gasteiger charge is 2.33. The van der Waals surface area contributed by atoms with Gasteiger partial charge in [-0.1, -0.05) is 18.2 Å². The van der Waals surface area contributed by atoms with Crippen LogP contribution in [0.3, 0.4) is 0 Å². The van der Waals surface area contributed by atoms with Crippen molar-refractivity contribution in [3.63, 3.8) is 0 Å². The zero-order valence-electron chi connectivity index (χ0n) is 16.7. The van der Waals surface area contributed by atoms with Gasteiger partial charge in [0.1, 0.15) is 0 Å². The number of hydrogen-bond donors (Lipinski definition) is 5. The first-order chi connectivity index (χ1) is 13.9. The normalized spacial score (nSPS) is 11.2. The Morgan fingerprint density at radius 1 is 0.931 bits per heavy atom. The Labute approximate surface area is 169 Å². The smallest absolute Gasteiger partial charge is 0.275 e. The number of hydroxylamine groups is 1. The van der Waals surface area contributed by atoms with Crippen LogP contribution in [0.1, 0.15) is 10.4 Å². The molecule has 29 heavy (non-hydrogen) atoms. The summed E-state index contributed by atoms with van der Waals surface area (Å²) >= 11 is 0. The number of nitrogens with zero attached hydrogens (tertiary/aromatic N) is 1. The number of likely N-dealkylation sites (N-methyl/N-ethyl adjacent to an activating group) is 2. The summed E-state index contributed by atoms with van der Waals surface area (Å²) in [6.45, 7) is 0. The summed E-state index contributed by atoms with van der Waals surface area (Å²) in [5, 5.41) is 17.3. The Hall–Kier alpha value is -3.59. The molecule has 0 fully saturated rings. The van der Waals surface area contributed by atoms with E-state index in [2.05, 4.69) is 16.0 Å². The molecule has 0 aliphatic rings. The zero-order chi connectivity index (χ0) is 21.6. The summed E-state index contributed by atoms with van der Waals surface area (Å²) in [5.41, 5.74) is 5.25. The van der Waals surface area contributed by atoms with Crippen molar-refractivity contribution in [2.45, 2.75) is 6.04 Å². The van der Waals surface area contributed by atoms with Crippen molar-refractivity contribution in [1.82, 2.24) is 15.7 Å². The lowest BCUT2D eigenvalue weighted by atomic mass is 10.0. The van der Waals surface area contributed by atoms with Crippen molar-refractivity contribution in [1.29, 1.82) is 0 Å². The van der Waals surface area contributed by atoms with Gasteiger partial charge >= 0.3 is 0 Å². The topological polar surface area (TPSA) is 123 Å². The lowest BCUT2D eigenvalue weighted by Crippen LogP contribution is -2.54. The molecule has 9 heteroatoms. The predicted octanol–water partition coefficient (Wildman–Crippen LogP) is 1.13. The van der Waals surface area contributed by atoms with Gasteiger partial charge in [-0.15, -0.1) is 0 Å². The van der Waals surface area contributed by atoms with Gasteiger partial charge < -0.3 is 20.9 Å². The van der Waals surface area contributed by atoms with Crippen molar-refractivity contribution in [3.8, 4) is 11.1 Å². The third kappa shape index (κ3) is 4.64. The maximum Gasteiger partial charge on any atom is 0.275 e. The van der Waals surface area contributed by atoms with Gasteiger partial charge in [-0.05, 0) is 29.8 Å². The molecule has 0 saturated carbocycles. The molecule has 9 nitrogen and oxygen atoms in total. The number of nitrogens with one attached hydrogen (secondary N) is 4. The highest BCUT2D eigenvalue weighted by Crippen LogP contribution is 2.30. The summed E-state index contributed by atoms with van der Waals surface area (Å²) in [7, 11) is 6.24. The molecule has 2 rings (SSSR count). The zero-order valence-corrected chi connectivity index (χ0v) is 16.7. The molecule has 0 radical (unpaired) electrons. The second-order valence-electron chi connectivity index (χ2n) is 6.25. The number of carbonyl (C=O) groups excluding carboxylic acids is 3. The van der Waals surface area contributed by atoms with Crippen LogP contribution >= 0.6 is 0 Å². The first-order valence-electron chi connectivity index (χ1n) is 8.90. The van der Waals surface area contributed by atoms with Crippen molar-refractivity contribution in [2.75, 3.05) is 38.8 Å². The maximum absolute atomic E-state index is 12.9. The minimum atomic E-state index is -1.51. The van der Waals surface area contributed by atoms with E-state index in [0.717, 1.165) is 21.7 Å². The molecular weight excluding hydrogens is 374 g/mol. The number of anilines is 2. The van der Waals surface area contributed by atoms with Gasteiger partial charge in [0.05, 0.1) is 0 Å². The van der Waals surface area contributed by atoms with Crippen LogP contribution in [0.2, 0.25) is 0 Å². The van der Waals surface area contributed by atoms with E-state index in [4.69, 9.17) is 5.21 Å². The Morgan fingerprint density at radius 3 is 2.10 bits per heavy atom. The van der Waals surface area contributed by atoms with Gasteiger partial charge in [0, 0.05) is 50.7 Å². The average Bonchev–Trinajstić information content (AvgIpc) is 2.77. The minimum Gasteiger partial charge on any atom is -0.388 e. The second-order valence-corrected chi connectivity index (χ2v) is 6.25. The number of rotatable bonds is 7. The summed E-state index contributed by atoms with van der Waals surface area (Å²) in [5.74, 6) is -2.27. The SMILES string of the molecule is CNC(=O)C(C(=O)NO)N(C)C(=O)c1ccc(-c2ccc(NC)cc2)c(NC)c1. The fourth-order valence-electron chi connectivity index (χ4n) is 2.94. The molecular formula is C20H25N5O4. The highest BCUT2D eigenvalue weighted by molar-refractivity contribution is 6.09. The number of benzene rings is 2. The van der Waals surface area contributed by atoms with E-state index in [9.17, 15) is 14.4 Å². The largest absolute Gasteiger partial charge is 0.388 e. The van der Waals surface area contributed by atoms with Gasteiger partial charge in [-0.3, -0.25) is 19.6 Å². The fourth-order valence-corrected chi connectivity index (χ4v) is 2.94. The van der Waals surface area contributed by atoms with Crippen molar-refractivity contribution in [3.05, 3.63) is 48.0 Å². The molecule has 0 aromatic heterocycles. The third-order valence-electron chi connectivity index (χ3n) is 4.58. The monoisotopic (exact) mass is 399 g/mol. The third-order valence-corrected chi connectivity index (χ3v) is 4.58. The standard InChI is InChI=1S/C20H25N5O4/c1-21-14-8-5-12(6-9-14)15-10-7-13(11-16(15)22-2)20(28)25(4)17(18(26)23-3)19(27)24-29/h5-11,17,21-22,29H,1-4H3,(H,23,26)(H,24,27). The predicted molar refractivity (Wildman–Crippen MR) is 111 cm³/mol. The Morgan fingerprint density at radius 2 is 1.59 bits per heavy atom. The van der Waals surface area contributed by atoms with Crippen LogP contribution in [-0.2, 0) is 9.59 Å². The Bertz CT molecular complexity index is 882. The van der Waals surface area contributed by atoms with E-state index in [1.54, 1.807) is 25.2 Å². The van der Waals surface area contributed by atoms with E-state index in [0.29, 0.717) is 5.69 Å². The summed E-state index contributed by atoms with van der Waals surface area (Å²) < 4.78 is 0. The molecule has 1 unspecified atom stereocenters. The van der Waals surface area contributed by atoms with Crippen LogP contribution in [0.25, 0.3) is 11.1 Å². The second kappa shape index (κ2) is 9.56. The summed E-state index contributed by atoms with van der Waals surface area (Å²) in [4.78, 5) is 37.7. The summed E-state index contributed by atoms with van der Waals surface area (Å²) in [6.07, 6.45) is 0. The molecule has 0 saturated heterocycles. The minimum absolute atomic E-state index is 0.284. The molecule has 154 valence electrons. The van der Waals surface area contributed by atoms with Gasteiger partial charge in [0.15, 0.2) is 6.04 Å². The van der Waals surface area contributed by atoms with Crippen molar-refractivity contribution in [2.24, 2.45) is 0 Å². The van der Waals surface area contributed by atoms with Crippen LogP contribution in [-0.4, -0.2) is 62.1 Å². The molecule has 2 aromatic rings. The van der Waals surface area contributed by atoms with Crippen LogP contribution in [0.15, 0.2) is 42.5 Å². The lowest BCUT2D eigenvalue weighted by Gasteiger charge is -2.25. The molecule has 5 N–H and O–H groups in total. The Balaban J connectivity index is 2.37. The van der Waals surface area contributed by atoms with Crippen molar-refractivity contribution < 1.29 is 19.6 Å². The maximum atomic E-state index is 12.9.